The molecule has 35 nitrogen and oxygen atoms in total. The number of anilines is 3. The van der Waals surface area contributed by atoms with Crippen LogP contribution in [0.3, 0.4) is 0 Å². The largest absolute Gasteiger partial charge is 0.496 e. The van der Waals surface area contributed by atoms with Crippen molar-refractivity contribution in [3.8, 4) is 16.9 Å². The van der Waals surface area contributed by atoms with Gasteiger partial charge < -0.3 is 79.5 Å². The number of aromatic carboxylic acids is 1. The van der Waals surface area contributed by atoms with Crippen LogP contribution in [-0.4, -0.2) is 254 Å². The number of para-hydroxylation sites is 1. The van der Waals surface area contributed by atoms with Crippen LogP contribution in [0.1, 0.15) is 141 Å². The molecule has 9 N–H and O–H groups in total. The minimum atomic E-state index is -4.42. The first kappa shape index (κ1) is 87.4. The molecular formula is C83H102N12O23S2. The van der Waals surface area contributed by atoms with Gasteiger partial charge in [-0.15, -0.1) is 0 Å². The van der Waals surface area contributed by atoms with Gasteiger partial charge in [0.15, 0.2) is 16.9 Å². The summed E-state index contributed by atoms with van der Waals surface area (Å²) in [5.74, 6) is -7.86. The number of carboxylic acids is 2. The topological polar surface area (TPSA) is 466 Å². The summed E-state index contributed by atoms with van der Waals surface area (Å²) >= 11 is 1.38. The predicted octanol–water partition coefficient (Wildman–Crippen LogP) is 6.09. The standard InChI is InChI=1S/C83H102N12O23S2/c1-46(2)69(89-66(97)36-93-52(38-115-29-30-120(110,111)112)32-59(75(93)104)95-67(98)21-22-68(95)99)74(103)85-47(3)72(101)86-51-15-13-50(49(31-51)14-18-62-71(100)60(96)33-63(118-62)76(105)106)37-116-79(109)91(25-27-113-7)26-28-117-83-42-80(5)39-81(6,43-83)41-82(40-80,44-83)45-94-48(4)56(34-84-94)54-17-20-65(88-70(54)77(107)108)92-24-23-53-57(35-92)55(16-19-61(53)114-8)73(102)90-78-87-58-11-9-10-12-64(58)119-78/h9-13,15-17,19-22,31,34,46-47,52,59-60,62-63,69,71,96,100H,14,18,23-30,32-33,35-45H2,1-8H3,(H,85,103)(H,86,101)(H,89,97)(H,105,106)(H,107,108)(H,87,90,102)(H,110,111,112)/t47-,52-,59-,60-,62-,63-,69-,71+,80?,81?,82?,83?/m0/s1. The van der Waals surface area contributed by atoms with E-state index >= 15 is 0 Å². The van der Waals surface area contributed by atoms with Gasteiger partial charge in [-0.3, -0.25) is 53.0 Å². The van der Waals surface area contributed by atoms with E-state index in [0.29, 0.717) is 70.4 Å². The van der Waals surface area contributed by atoms with Gasteiger partial charge in [-0.1, -0.05) is 57.2 Å². The number of aliphatic hydroxyl groups excluding tert-OH is 2. The molecule has 2 saturated heterocycles. The summed E-state index contributed by atoms with van der Waals surface area (Å²) in [5, 5.41) is 58.9. The molecule has 37 heteroatoms. The average Bonchev–Trinajstić information content (AvgIpc) is 1.29. The van der Waals surface area contributed by atoms with E-state index in [1.807, 2.05) is 46.8 Å². The summed E-state index contributed by atoms with van der Waals surface area (Å²) in [6, 6.07) is 14.6. The van der Waals surface area contributed by atoms with E-state index < -0.39 is 143 Å². The molecule has 120 heavy (non-hydrogen) atoms. The number of carbonyl (C=O) groups is 10. The third-order valence-electron chi connectivity index (χ3n) is 24.0. The number of likely N-dealkylation sites (tertiary alicyclic amines) is 1. The van der Waals surface area contributed by atoms with Crippen LogP contribution < -0.4 is 30.9 Å². The molecule has 4 saturated carbocycles. The number of rotatable bonds is 35. The Balaban J connectivity index is 0.654. The van der Waals surface area contributed by atoms with E-state index in [1.54, 1.807) is 57.5 Å². The molecule has 4 aliphatic carbocycles. The molecule has 2 unspecified atom stereocenters. The van der Waals surface area contributed by atoms with Crippen molar-refractivity contribution >= 4 is 108 Å². The van der Waals surface area contributed by atoms with Gasteiger partial charge in [-0.2, -0.15) is 13.5 Å². The Morgan fingerprint density at radius 1 is 0.808 bits per heavy atom. The SMILES string of the molecule is COCCN(CCOC12CC3(C)CC(C)(CC(Cn4ncc(-c5ccc(N6CCc7c(OC)ccc(C(=O)Nc8nc9ccccc9s8)c7C6)nc5C(=O)O)c4C)(C3)C1)C2)C(=O)OCc1ccc(NC(=O)[C@H](C)NC(=O)[C@@H](NC(=O)CN2C(=O)[C@@H](N3C(=O)C=CC3=O)C[C@H]2COCCS(=O)(=O)O)C(C)C)cc1CC[C@@H]1O[C@H](C(=O)O)C[C@H](O)[C@H]1O. The number of benzene rings is 3. The first-order valence-electron chi connectivity index (χ1n) is 40.0. The number of carbonyl (C=O) groups excluding carboxylic acids is 8. The number of aliphatic carboxylic acids is 1. The van der Waals surface area contributed by atoms with Crippen LogP contribution in [-0.2, 0) is 99.9 Å². The fourth-order valence-electron chi connectivity index (χ4n) is 19.6. The van der Waals surface area contributed by atoms with E-state index in [-0.39, 0.29) is 105 Å². The van der Waals surface area contributed by atoms with Crippen molar-refractivity contribution in [2.75, 3.05) is 88.1 Å². The predicted molar refractivity (Wildman–Crippen MR) is 434 cm³/mol. The van der Waals surface area contributed by atoms with Crippen molar-refractivity contribution in [3.63, 3.8) is 0 Å². The van der Waals surface area contributed by atoms with E-state index in [1.165, 1.54) is 36.3 Å². The molecule has 6 fully saturated rings. The number of amides is 8. The molecule has 0 spiro atoms. The Hall–Kier alpha value is -10.4. The molecule has 0 radical (unpaired) electrons. The lowest BCUT2D eigenvalue weighted by atomic mass is 9.39. The second-order valence-electron chi connectivity index (χ2n) is 33.7. The zero-order valence-corrected chi connectivity index (χ0v) is 69.7. The number of pyridine rings is 1. The molecule has 6 aromatic rings. The van der Waals surface area contributed by atoms with Gasteiger partial charge in [0.2, 0.25) is 23.6 Å². The number of carboxylic acid groups (broad SMARTS) is 2. The van der Waals surface area contributed by atoms with Crippen LogP contribution in [0.25, 0.3) is 21.3 Å². The molecule has 3 aromatic heterocycles. The number of thiazole rings is 1. The fourth-order valence-corrected chi connectivity index (χ4v) is 20.8. The quantitative estimate of drug-likeness (QED) is 0.0123. The maximum atomic E-state index is 14.5. The number of methoxy groups -OCH3 is 2. The van der Waals surface area contributed by atoms with Crippen LogP contribution in [0.5, 0.6) is 5.75 Å². The lowest BCUT2D eigenvalue weighted by Crippen LogP contribution is -2.64. The molecular weight excluding hydrogens is 1600 g/mol. The second-order valence-corrected chi connectivity index (χ2v) is 36.3. The summed E-state index contributed by atoms with van der Waals surface area (Å²) in [6.45, 7) is 11.2. The van der Waals surface area contributed by atoms with Crippen molar-refractivity contribution in [1.29, 1.82) is 0 Å². The number of ether oxygens (including phenoxy) is 6. The Morgan fingerprint density at radius 3 is 2.23 bits per heavy atom. The lowest BCUT2D eigenvalue weighted by Gasteiger charge is -2.69. The highest BCUT2D eigenvalue weighted by atomic mass is 32.2. The number of fused-ring (bicyclic) bond motifs is 2. The number of nitrogens with one attached hydrogen (secondary N) is 4. The highest BCUT2D eigenvalue weighted by molar-refractivity contribution is 7.85. The van der Waals surface area contributed by atoms with Gasteiger partial charge >= 0.3 is 18.0 Å². The van der Waals surface area contributed by atoms with Crippen LogP contribution in [0.4, 0.5) is 21.4 Å². The summed E-state index contributed by atoms with van der Waals surface area (Å²) in [6.07, 6.45) is 2.55. The number of nitrogens with zero attached hydrogens (tertiary/aromatic N) is 8. The third kappa shape index (κ3) is 19.5. The van der Waals surface area contributed by atoms with Gasteiger partial charge in [0, 0.05) is 98.5 Å². The van der Waals surface area contributed by atoms with E-state index in [2.05, 4.69) is 40.1 Å². The number of imide groups is 1. The molecule has 644 valence electrons. The minimum Gasteiger partial charge on any atom is -0.496 e. The van der Waals surface area contributed by atoms with Crippen LogP contribution >= 0.6 is 11.3 Å². The Morgan fingerprint density at radius 2 is 1.54 bits per heavy atom. The zero-order chi connectivity index (χ0) is 86.1. The number of aryl methyl sites for hydroxylation is 1. The summed E-state index contributed by atoms with van der Waals surface area (Å²) in [7, 11) is -1.32. The normalized spacial score (nSPS) is 24.9. The van der Waals surface area contributed by atoms with E-state index in [0.717, 1.165) is 81.1 Å². The number of hydrogen-bond donors (Lipinski definition) is 9. The molecule has 4 bridgehead atoms. The first-order valence-corrected chi connectivity index (χ1v) is 42.5. The highest BCUT2D eigenvalue weighted by Gasteiger charge is 2.66. The fraction of sp³-hybridized carbons (Fsp3) is 0.530. The molecule has 3 aromatic carbocycles. The summed E-state index contributed by atoms with van der Waals surface area (Å²) in [5.41, 5.74) is 4.53. The van der Waals surface area contributed by atoms with Crippen molar-refractivity contribution < 1.29 is 110 Å². The second kappa shape index (κ2) is 35.7. The minimum absolute atomic E-state index is 0.0321. The molecule has 14 rings (SSSR count). The highest BCUT2D eigenvalue weighted by Crippen LogP contribution is 2.72. The van der Waals surface area contributed by atoms with Crippen LogP contribution in [0, 0.1) is 29.1 Å². The Labute approximate surface area is 696 Å². The third-order valence-corrected chi connectivity index (χ3v) is 25.7. The maximum absolute atomic E-state index is 14.5. The number of aromatic nitrogens is 4. The summed E-state index contributed by atoms with van der Waals surface area (Å²) in [4.78, 5) is 150. The molecule has 7 heterocycles. The van der Waals surface area contributed by atoms with Gasteiger partial charge in [0.1, 0.15) is 42.4 Å². The van der Waals surface area contributed by atoms with E-state index in [9.17, 15) is 81.3 Å². The van der Waals surface area contributed by atoms with Crippen molar-refractivity contribution in [1.82, 2.24) is 45.1 Å². The number of aliphatic hydroxyl groups is 2. The maximum Gasteiger partial charge on any atom is 0.410 e. The van der Waals surface area contributed by atoms with Gasteiger partial charge in [0.25, 0.3) is 27.8 Å². The first-order chi connectivity index (χ1) is 56.9. The van der Waals surface area contributed by atoms with E-state index in [4.69, 9.17) is 38.5 Å². The van der Waals surface area contributed by atoms with Crippen molar-refractivity contribution in [3.05, 3.63) is 124 Å². The average molecular weight is 1700 g/mol. The van der Waals surface area contributed by atoms with Gasteiger partial charge in [-0.05, 0) is 159 Å². The van der Waals surface area contributed by atoms with Gasteiger partial charge in [0.05, 0.1) is 86.1 Å². The Bertz CT molecular complexity index is 5060. The Kier molecular flexibility index (Phi) is 26.0. The van der Waals surface area contributed by atoms with Crippen LogP contribution in [0.15, 0.2) is 85.1 Å². The molecule has 4 aliphatic heterocycles. The van der Waals surface area contributed by atoms with Crippen molar-refractivity contribution in [2.24, 2.45) is 22.2 Å². The van der Waals surface area contributed by atoms with Crippen LogP contribution in [0.2, 0.25) is 0 Å². The van der Waals surface area contributed by atoms with Gasteiger partial charge in [-0.25, -0.2) is 24.4 Å². The molecule has 8 aliphatic rings. The summed E-state index contributed by atoms with van der Waals surface area (Å²) < 4.78 is 70.5. The van der Waals surface area contributed by atoms with Crippen molar-refractivity contribution in [2.45, 2.75) is 186 Å². The smallest absolute Gasteiger partial charge is 0.410 e. The number of hydrogen-bond acceptors (Lipinski definition) is 25. The monoisotopic (exact) mass is 1700 g/mol. The zero-order valence-electron chi connectivity index (χ0n) is 68.0. The molecule has 8 amide bonds. The lowest BCUT2D eigenvalue weighted by molar-refractivity contribution is -0.248. The molecule has 10 atom stereocenters.